The quantitative estimate of drug-likeness (QED) is 0.290. The Morgan fingerprint density at radius 2 is 1.82 bits per heavy atom. The summed E-state index contributed by atoms with van der Waals surface area (Å²) in [5, 5.41) is 23.9. The summed E-state index contributed by atoms with van der Waals surface area (Å²) in [7, 11) is 2.84. The van der Waals surface area contributed by atoms with E-state index in [1.54, 1.807) is 0 Å². The van der Waals surface area contributed by atoms with E-state index in [4.69, 9.17) is 21.4 Å². The van der Waals surface area contributed by atoms with Gasteiger partial charge >= 0.3 is 12.0 Å². The highest BCUT2D eigenvalue weighted by molar-refractivity contribution is 5.82. The summed E-state index contributed by atoms with van der Waals surface area (Å²) in [4.78, 5) is 30.3. The molecule has 0 saturated heterocycles. The smallest absolute Gasteiger partial charge is 0.326 e. The molecule has 8 heteroatoms. The molecular weight excluding hydrogens is 290 g/mol. The van der Waals surface area contributed by atoms with Crippen LogP contribution in [0.4, 0.5) is 4.79 Å². The normalized spacial score (nSPS) is 9.73. The standard InChI is InChI=1S/C12H21N3O3.CH4O.CH2O/c1-3-4-9-14-12(18)15-10(11(16)17)7-5-6-8-13-2;2*1-2/h1,10,13H,4-9H2,2H3,(H,16,17)(H2,14,15,18);2H,1H3;1H2/t10-;;/m0../s1. The number of carboxylic acid groups (broad SMARTS) is 1. The number of hydrogen-bond donors (Lipinski definition) is 5. The van der Waals surface area contributed by atoms with Crippen LogP contribution in [0, 0.1) is 12.3 Å². The minimum atomic E-state index is -1.02. The number of aliphatic carboxylic acids is 1. The van der Waals surface area contributed by atoms with Crippen molar-refractivity contribution in [2.24, 2.45) is 0 Å². The van der Waals surface area contributed by atoms with Crippen LogP contribution in [0.5, 0.6) is 0 Å². The van der Waals surface area contributed by atoms with E-state index in [1.165, 1.54) is 0 Å². The third-order valence-corrected chi connectivity index (χ3v) is 2.33. The van der Waals surface area contributed by atoms with Gasteiger partial charge in [-0.1, -0.05) is 0 Å². The largest absolute Gasteiger partial charge is 0.480 e. The molecule has 0 aromatic heterocycles. The number of urea groups is 1. The lowest BCUT2D eigenvalue weighted by atomic mass is 10.1. The number of aliphatic hydroxyl groups is 1. The first-order chi connectivity index (χ1) is 10.6. The number of aliphatic hydroxyl groups excluding tert-OH is 1. The highest BCUT2D eigenvalue weighted by Crippen LogP contribution is 2.00. The van der Waals surface area contributed by atoms with Crippen molar-refractivity contribution in [3.05, 3.63) is 0 Å². The molecule has 0 aromatic carbocycles. The molecule has 22 heavy (non-hydrogen) atoms. The number of nitrogens with one attached hydrogen (secondary N) is 3. The molecule has 0 unspecified atom stereocenters. The SMILES string of the molecule is C#CCCNC(=O)N[C@@H](CCCCNC)C(=O)O.C=O.CO. The van der Waals surface area contributed by atoms with Crippen molar-refractivity contribution in [2.75, 3.05) is 27.2 Å². The number of carbonyl (C=O) groups excluding carboxylic acids is 2. The number of hydrogen-bond acceptors (Lipinski definition) is 5. The highest BCUT2D eigenvalue weighted by Gasteiger charge is 2.18. The summed E-state index contributed by atoms with van der Waals surface area (Å²) in [5.41, 5.74) is 0. The van der Waals surface area contributed by atoms with E-state index < -0.39 is 18.0 Å². The van der Waals surface area contributed by atoms with Gasteiger partial charge in [0.05, 0.1) is 0 Å². The average Bonchev–Trinajstić information content (AvgIpc) is 2.54. The van der Waals surface area contributed by atoms with Gasteiger partial charge in [0.25, 0.3) is 0 Å². The molecule has 8 nitrogen and oxygen atoms in total. The zero-order valence-corrected chi connectivity index (χ0v) is 13.2. The van der Waals surface area contributed by atoms with E-state index in [2.05, 4.69) is 21.9 Å². The Bertz CT molecular complexity index is 318. The molecule has 0 radical (unpaired) electrons. The zero-order valence-electron chi connectivity index (χ0n) is 13.2. The zero-order chi connectivity index (χ0) is 17.8. The van der Waals surface area contributed by atoms with Crippen molar-refractivity contribution >= 4 is 18.8 Å². The Labute approximate surface area is 131 Å². The lowest BCUT2D eigenvalue weighted by Crippen LogP contribution is -2.46. The van der Waals surface area contributed by atoms with Gasteiger partial charge in [-0.15, -0.1) is 12.3 Å². The van der Waals surface area contributed by atoms with Gasteiger partial charge in [0, 0.05) is 20.1 Å². The number of rotatable bonds is 9. The first kappa shape index (κ1) is 24.9. The van der Waals surface area contributed by atoms with Gasteiger partial charge in [-0.25, -0.2) is 9.59 Å². The van der Waals surface area contributed by atoms with Crippen LogP contribution in [-0.4, -0.2) is 62.3 Å². The van der Waals surface area contributed by atoms with Crippen LogP contribution in [0.15, 0.2) is 0 Å². The second kappa shape index (κ2) is 21.2. The molecule has 0 heterocycles. The number of carboxylic acids is 1. The molecule has 0 spiro atoms. The fourth-order valence-electron chi connectivity index (χ4n) is 1.37. The molecule has 0 aliphatic heterocycles. The monoisotopic (exact) mass is 317 g/mol. The van der Waals surface area contributed by atoms with E-state index in [0.717, 1.165) is 26.5 Å². The van der Waals surface area contributed by atoms with Gasteiger partial charge in [-0.2, -0.15) is 0 Å². The minimum absolute atomic E-state index is 0.342. The molecule has 0 aliphatic carbocycles. The summed E-state index contributed by atoms with van der Waals surface area (Å²) in [6.45, 7) is 3.18. The van der Waals surface area contributed by atoms with Crippen molar-refractivity contribution in [1.82, 2.24) is 16.0 Å². The van der Waals surface area contributed by atoms with Crippen molar-refractivity contribution in [3.63, 3.8) is 0 Å². The third-order valence-electron chi connectivity index (χ3n) is 2.33. The Morgan fingerprint density at radius 1 is 1.23 bits per heavy atom. The van der Waals surface area contributed by atoms with E-state index in [-0.39, 0.29) is 0 Å². The van der Waals surface area contributed by atoms with Crippen LogP contribution in [0.1, 0.15) is 25.7 Å². The fraction of sp³-hybridized carbons (Fsp3) is 0.643. The number of unbranched alkanes of at least 4 members (excludes halogenated alkanes) is 1. The lowest BCUT2D eigenvalue weighted by Gasteiger charge is -2.14. The summed E-state index contributed by atoms with van der Waals surface area (Å²) >= 11 is 0. The average molecular weight is 317 g/mol. The molecule has 5 N–H and O–H groups in total. The van der Waals surface area contributed by atoms with E-state index in [0.29, 0.717) is 19.4 Å². The van der Waals surface area contributed by atoms with Crippen LogP contribution < -0.4 is 16.0 Å². The molecule has 0 saturated carbocycles. The third kappa shape index (κ3) is 17.9. The van der Waals surface area contributed by atoms with Crippen molar-refractivity contribution < 1.29 is 24.6 Å². The molecule has 0 fully saturated rings. The first-order valence-electron chi connectivity index (χ1n) is 6.70. The molecule has 0 bridgehead atoms. The number of terminal acetylenes is 1. The maximum Gasteiger partial charge on any atom is 0.326 e. The predicted molar refractivity (Wildman–Crippen MR) is 84.4 cm³/mol. The first-order valence-corrected chi connectivity index (χ1v) is 6.70. The van der Waals surface area contributed by atoms with E-state index >= 15 is 0 Å². The van der Waals surface area contributed by atoms with Crippen LogP contribution in [0.2, 0.25) is 0 Å². The Kier molecular flexibility index (Phi) is 24.0. The number of amides is 2. The van der Waals surface area contributed by atoms with Crippen LogP contribution >= 0.6 is 0 Å². The molecule has 1 atom stereocenters. The molecule has 0 aliphatic rings. The maximum atomic E-state index is 11.4. The van der Waals surface area contributed by atoms with Crippen molar-refractivity contribution in [3.8, 4) is 12.3 Å². The summed E-state index contributed by atoms with van der Waals surface area (Å²) in [5.74, 6) is 1.36. The highest BCUT2D eigenvalue weighted by atomic mass is 16.4. The van der Waals surface area contributed by atoms with Gasteiger partial charge in [0.1, 0.15) is 12.8 Å². The van der Waals surface area contributed by atoms with Crippen LogP contribution in [-0.2, 0) is 9.59 Å². The maximum absolute atomic E-state index is 11.4. The van der Waals surface area contributed by atoms with E-state index in [1.807, 2.05) is 13.8 Å². The van der Waals surface area contributed by atoms with Gasteiger partial charge in [-0.05, 0) is 32.9 Å². The van der Waals surface area contributed by atoms with Gasteiger partial charge < -0.3 is 31.0 Å². The molecule has 128 valence electrons. The van der Waals surface area contributed by atoms with Crippen molar-refractivity contribution in [1.29, 1.82) is 0 Å². The number of carbonyl (C=O) groups is 3. The van der Waals surface area contributed by atoms with Gasteiger partial charge in [0.2, 0.25) is 0 Å². The summed E-state index contributed by atoms with van der Waals surface area (Å²) in [6, 6.07) is -1.35. The predicted octanol–water partition coefficient (Wildman–Crippen LogP) is -0.425. The second-order valence-corrected chi connectivity index (χ2v) is 3.84. The molecular formula is C14H27N3O5. The van der Waals surface area contributed by atoms with Crippen molar-refractivity contribution in [2.45, 2.75) is 31.7 Å². The molecule has 2 amide bonds. The van der Waals surface area contributed by atoms with Gasteiger partial charge in [-0.3, -0.25) is 0 Å². The topological polar surface area (TPSA) is 128 Å². The van der Waals surface area contributed by atoms with E-state index in [9.17, 15) is 9.59 Å². The summed E-state index contributed by atoms with van der Waals surface area (Å²) < 4.78 is 0. The molecule has 0 aromatic rings. The Hall–Kier alpha value is -2.11. The summed E-state index contributed by atoms with van der Waals surface area (Å²) in [6.07, 6.45) is 7.49. The van der Waals surface area contributed by atoms with Gasteiger partial charge in [0.15, 0.2) is 0 Å². The Balaban J connectivity index is -0.000000826. The fourth-order valence-corrected chi connectivity index (χ4v) is 1.37. The second-order valence-electron chi connectivity index (χ2n) is 3.84. The molecule has 0 rings (SSSR count). The minimum Gasteiger partial charge on any atom is -0.480 e. The lowest BCUT2D eigenvalue weighted by molar-refractivity contribution is -0.139. The Morgan fingerprint density at radius 3 is 2.27 bits per heavy atom. The van der Waals surface area contributed by atoms with Crippen LogP contribution in [0.25, 0.3) is 0 Å². The van der Waals surface area contributed by atoms with Crippen LogP contribution in [0.3, 0.4) is 0 Å².